The van der Waals surface area contributed by atoms with Crippen molar-refractivity contribution < 1.29 is 32.2 Å². The third-order valence-electron chi connectivity index (χ3n) is 5.33. The Bertz CT molecular complexity index is 792. The zero-order chi connectivity index (χ0) is 19.8. The molecule has 0 bridgehead atoms. The van der Waals surface area contributed by atoms with E-state index in [1.165, 1.54) is 0 Å². The fourth-order valence-electron chi connectivity index (χ4n) is 4.22. The maximum atomic E-state index is 13.0. The van der Waals surface area contributed by atoms with Gasteiger partial charge in [-0.2, -0.15) is 0 Å². The number of fused-ring (bicyclic) bond motifs is 1. The quantitative estimate of drug-likeness (QED) is 0.317. The number of carbonyl (C=O) groups excluding carboxylic acids is 3. The SMILES string of the molecule is CC1(C)CC(=O)C(C2c3ccccc3CCN2C(=O)CSC(N)=[NH2+])C(=O)C1.[Cl-]. The van der Waals surface area contributed by atoms with Gasteiger partial charge in [0.25, 0.3) is 5.17 Å². The number of ketones is 2. The van der Waals surface area contributed by atoms with Crippen LogP contribution in [-0.4, -0.2) is 39.8 Å². The molecule has 1 aliphatic carbocycles. The van der Waals surface area contributed by atoms with Crippen molar-refractivity contribution in [1.82, 2.24) is 4.90 Å². The number of carbonyl (C=O) groups is 3. The molecule has 2 aliphatic rings. The van der Waals surface area contributed by atoms with Gasteiger partial charge in [-0.1, -0.05) is 38.1 Å². The van der Waals surface area contributed by atoms with Gasteiger partial charge in [-0.15, -0.1) is 0 Å². The minimum absolute atomic E-state index is 0. The maximum absolute atomic E-state index is 13.0. The van der Waals surface area contributed by atoms with Gasteiger partial charge in [0.2, 0.25) is 5.91 Å². The fourth-order valence-corrected chi connectivity index (χ4v) is 4.68. The zero-order valence-electron chi connectivity index (χ0n) is 16.1. The average Bonchev–Trinajstić information content (AvgIpc) is 2.58. The lowest BCUT2D eigenvalue weighted by Gasteiger charge is -2.43. The summed E-state index contributed by atoms with van der Waals surface area (Å²) in [4.78, 5) is 40.5. The van der Waals surface area contributed by atoms with Crippen LogP contribution in [0.2, 0.25) is 0 Å². The van der Waals surface area contributed by atoms with Gasteiger partial charge in [-0.25, -0.2) is 0 Å². The Balaban J connectivity index is 0.00000280. The topological polar surface area (TPSA) is 106 Å². The van der Waals surface area contributed by atoms with E-state index in [-0.39, 0.29) is 46.2 Å². The van der Waals surface area contributed by atoms with Crippen molar-refractivity contribution in [1.29, 1.82) is 0 Å². The molecule has 28 heavy (non-hydrogen) atoms. The smallest absolute Gasteiger partial charge is 0.300 e. The van der Waals surface area contributed by atoms with Crippen LogP contribution >= 0.6 is 11.8 Å². The first-order chi connectivity index (χ1) is 12.7. The summed E-state index contributed by atoms with van der Waals surface area (Å²) in [5, 5.41) is 5.61. The molecule has 0 spiro atoms. The number of nitrogens with zero attached hydrogens (tertiary/aromatic N) is 1. The molecule has 1 aromatic carbocycles. The van der Waals surface area contributed by atoms with Crippen LogP contribution in [0.3, 0.4) is 0 Å². The molecule has 0 saturated heterocycles. The minimum Gasteiger partial charge on any atom is -1.00 e. The monoisotopic (exact) mass is 423 g/mol. The molecule has 1 fully saturated rings. The van der Waals surface area contributed by atoms with Gasteiger partial charge in [0.15, 0.2) is 0 Å². The summed E-state index contributed by atoms with van der Waals surface area (Å²) in [6, 6.07) is 7.23. The predicted molar refractivity (Wildman–Crippen MR) is 105 cm³/mol. The van der Waals surface area contributed by atoms with Crippen molar-refractivity contribution in [3.05, 3.63) is 35.4 Å². The van der Waals surface area contributed by atoms with E-state index in [2.05, 4.69) is 0 Å². The van der Waals surface area contributed by atoms with Crippen LogP contribution in [0.15, 0.2) is 24.3 Å². The maximum Gasteiger partial charge on any atom is 0.300 e. The van der Waals surface area contributed by atoms with Crippen LogP contribution in [0, 0.1) is 11.3 Å². The molecule has 8 heteroatoms. The second kappa shape index (κ2) is 8.66. The van der Waals surface area contributed by atoms with Crippen molar-refractivity contribution in [3.63, 3.8) is 0 Å². The van der Waals surface area contributed by atoms with E-state index in [0.717, 1.165) is 22.9 Å². The van der Waals surface area contributed by atoms with Gasteiger partial charge in [-0.05, 0) is 34.7 Å². The number of Topliss-reactive ketones (excluding diaryl/α,β-unsaturated/α-hetero) is 2. The highest BCUT2D eigenvalue weighted by atomic mass is 35.5. The van der Waals surface area contributed by atoms with Gasteiger partial charge in [0, 0.05) is 19.4 Å². The molecule has 0 radical (unpaired) electrons. The molecule has 0 aromatic heterocycles. The third kappa shape index (κ3) is 4.58. The van der Waals surface area contributed by atoms with Gasteiger partial charge in [0.05, 0.1) is 11.8 Å². The summed E-state index contributed by atoms with van der Waals surface area (Å²) >= 11 is 1.08. The Hall–Kier alpha value is -1.86. The van der Waals surface area contributed by atoms with Gasteiger partial charge in [-0.3, -0.25) is 25.5 Å². The summed E-state index contributed by atoms with van der Waals surface area (Å²) in [6.07, 6.45) is 1.40. The van der Waals surface area contributed by atoms with Crippen molar-refractivity contribution in [2.75, 3.05) is 12.3 Å². The van der Waals surface area contributed by atoms with E-state index < -0.39 is 12.0 Å². The summed E-state index contributed by atoms with van der Waals surface area (Å²) < 4.78 is 0. The van der Waals surface area contributed by atoms with Crippen LogP contribution in [0.1, 0.15) is 43.9 Å². The molecule has 1 atom stereocenters. The lowest BCUT2D eigenvalue weighted by molar-refractivity contribution is -0.146. The van der Waals surface area contributed by atoms with E-state index in [0.29, 0.717) is 25.8 Å². The number of nitrogens with two attached hydrogens (primary N) is 2. The molecule has 1 heterocycles. The zero-order valence-corrected chi connectivity index (χ0v) is 17.7. The highest BCUT2D eigenvalue weighted by Gasteiger charge is 2.48. The molecule has 4 N–H and O–H groups in total. The Morgan fingerprint density at radius 3 is 2.46 bits per heavy atom. The van der Waals surface area contributed by atoms with Crippen molar-refractivity contribution in [2.24, 2.45) is 17.1 Å². The number of thioether (sulfide) groups is 1. The first-order valence-corrected chi connectivity index (χ1v) is 10.1. The van der Waals surface area contributed by atoms with Crippen LogP contribution in [-0.2, 0) is 20.8 Å². The number of benzene rings is 1. The largest absolute Gasteiger partial charge is 1.00 e. The van der Waals surface area contributed by atoms with E-state index in [1.807, 2.05) is 38.1 Å². The number of amides is 1. The Morgan fingerprint density at radius 1 is 1.25 bits per heavy atom. The fraction of sp³-hybridized carbons (Fsp3) is 0.500. The van der Waals surface area contributed by atoms with Gasteiger partial charge >= 0.3 is 0 Å². The number of amidine groups is 1. The highest BCUT2D eigenvalue weighted by molar-refractivity contribution is 8.14. The number of halogens is 1. The van der Waals surface area contributed by atoms with Crippen LogP contribution < -0.4 is 23.5 Å². The lowest BCUT2D eigenvalue weighted by Crippen LogP contribution is -3.00. The first kappa shape index (κ1) is 22.4. The Morgan fingerprint density at radius 2 is 1.86 bits per heavy atom. The summed E-state index contributed by atoms with van der Waals surface area (Å²) in [5.74, 6) is -1.01. The molecule has 1 aromatic rings. The summed E-state index contributed by atoms with van der Waals surface area (Å²) in [5.41, 5.74) is 7.14. The van der Waals surface area contributed by atoms with E-state index in [9.17, 15) is 14.4 Å². The van der Waals surface area contributed by atoms with Gasteiger partial charge < -0.3 is 17.3 Å². The standard InChI is InChI=1S/C20H25N3O3S.ClH/c1-20(2)9-14(24)17(15(25)10-20)18-13-6-4-3-5-12(13)7-8-23(18)16(26)11-27-19(21)22;/h3-6,17-18H,7-11H2,1-2H3,(H3,21,22);1H. The van der Waals surface area contributed by atoms with Crippen LogP contribution in [0.25, 0.3) is 0 Å². The molecule has 152 valence electrons. The minimum atomic E-state index is -0.798. The van der Waals surface area contributed by atoms with E-state index >= 15 is 0 Å². The molecule has 3 rings (SSSR count). The molecular weight excluding hydrogens is 398 g/mol. The van der Waals surface area contributed by atoms with Crippen molar-refractivity contribution in [3.8, 4) is 0 Å². The predicted octanol–water partition coefficient (Wildman–Crippen LogP) is -2.50. The summed E-state index contributed by atoms with van der Waals surface area (Å²) in [7, 11) is 0. The Labute approximate surface area is 175 Å². The van der Waals surface area contributed by atoms with Crippen LogP contribution in [0.5, 0.6) is 0 Å². The second-order valence-corrected chi connectivity index (χ2v) is 9.15. The van der Waals surface area contributed by atoms with Crippen LogP contribution in [0.4, 0.5) is 0 Å². The van der Waals surface area contributed by atoms with Gasteiger partial charge in [0.1, 0.15) is 17.5 Å². The summed E-state index contributed by atoms with van der Waals surface area (Å²) in [6.45, 7) is 4.35. The molecular formula is C20H26ClN3O3S. The van der Waals surface area contributed by atoms with Crippen molar-refractivity contribution >= 4 is 34.4 Å². The molecule has 1 aliphatic heterocycles. The first-order valence-electron chi connectivity index (χ1n) is 9.13. The average molecular weight is 424 g/mol. The molecule has 1 unspecified atom stereocenters. The number of rotatable bonds is 3. The Kier molecular flexibility index (Phi) is 6.93. The lowest BCUT2D eigenvalue weighted by atomic mass is 9.67. The van der Waals surface area contributed by atoms with E-state index in [1.54, 1.807) is 4.90 Å². The van der Waals surface area contributed by atoms with E-state index in [4.69, 9.17) is 11.1 Å². The highest BCUT2D eigenvalue weighted by Crippen LogP contribution is 2.43. The molecule has 6 nitrogen and oxygen atoms in total. The normalized spacial score (nSPS) is 21.6. The third-order valence-corrected chi connectivity index (χ3v) is 6.05. The molecule has 1 saturated carbocycles. The second-order valence-electron chi connectivity index (χ2n) is 8.10. The molecule has 1 amide bonds. The number of hydrogen-bond acceptors (Lipinski definition) is 4. The number of hydrogen-bond donors (Lipinski definition) is 2. The van der Waals surface area contributed by atoms with Crippen molar-refractivity contribution in [2.45, 2.75) is 39.2 Å².